The zero-order valence-electron chi connectivity index (χ0n) is 13.0. The number of rotatable bonds is 7. The molecule has 0 saturated heterocycles. The van der Waals surface area contributed by atoms with Gasteiger partial charge >= 0.3 is 0 Å². The second kappa shape index (κ2) is 6.52. The second-order valence-electron chi connectivity index (χ2n) is 5.83. The Balaban J connectivity index is 1.89. The molecule has 1 atom stereocenters. The van der Waals surface area contributed by atoms with Gasteiger partial charge in [-0.05, 0) is 43.0 Å². The van der Waals surface area contributed by atoms with Crippen LogP contribution in [0, 0.1) is 5.92 Å². The smallest absolute Gasteiger partial charge is 0.263 e. The van der Waals surface area contributed by atoms with Gasteiger partial charge in [0.25, 0.3) is 10.0 Å². The van der Waals surface area contributed by atoms with Gasteiger partial charge in [0.1, 0.15) is 10.9 Å². The fraction of sp³-hybridized carbons (Fsp3) is 0.235. The number of para-hydroxylation sites is 2. The van der Waals surface area contributed by atoms with Gasteiger partial charge in [0.15, 0.2) is 0 Å². The van der Waals surface area contributed by atoms with Gasteiger partial charge in [0.05, 0.1) is 5.69 Å². The van der Waals surface area contributed by atoms with Crippen molar-refractivity contribution in [3.8, 4) is 0 Å². The minimum Gasteiger partial charge on any atom is -0.372 e. The van der Waals surface area contributed by atoms with Crippen LogP contribution in [0.1, 0.15) is 12.8 Å². The summed E-state index contributed by atoms with van der Waals surface area (Å²) in [5, 5.41) is 3.01. The van der Waals surface area contributed by atoms with Crippen molar-refractivity contribution in [3.63, 3.8) is 0 Å². The number of hydrogen-bond donors (Lipinski definition) is 3. The molecule has 4 N–H and O–H groups in total. The monoisotopic (exact) mass is 345 g/mol. The summed E-state index contributed by atoms with van der Waals surface area (Å²) in [6.07, 6.45) is 1.83. The van der Waals surface area contributed by atoms with Crippen LogP contribution >= 0.6 is 0 Å². The number of nitrogens with two attached hydrogens (primary N) is 1. The summed E-state index contributed by atoms with van der Waals surface area (Å²) in [5.74, 6) is -0.305. The molecule has 0 bridgehead atoms. The third-order valence-corrected chi connectivity index (χ3v) is 5.35. The summed E-state index contributed by atoms with van der Waals surface area (Å²) < 4.78 is 27.9. The lowest BCUT2D eigenvalue weighted by Crippen LogP contribution is -2.37. The molecular weight excluding hydrogens is 326 g/mol. The van der Waals surface area contributed by atoms with E-state index in [4.69, 9.17) is 5.73 Å². The molecule has 1 aliphatic rings. The summed E-state index contributed by atoms with van der Waals surface area (Å²) in [5.41, 5.74) is 6.29. The van der Waals surface area contributed by atoms with Crippen molar-refractivity contribution in [1.29, 1.82) is 0 Å². The molecule has 1 aliphatic carbocycles. The van der Waals surface area contributed by atoms with Gasteiger partial charge in [0.2, 0.25) is 5.91 Å². The average molecular weight is 345 g/mol. The number of benzene rings is 2. The Morgan fingerprint density at radius 2 is 1.67 bits per heavy atom. The number of primary amides is 1. The van der Waals surface area contributed by atoms with Crippen molar-refractivity contribution in [3.05, 3.63) is 54.6 Å². The van der Waals surface area contributed by atoms with E-state index in [9.17, 15) is 13.2 Å². The third-order valence-electron chi connectivity index (χ3n) is 3.91. The van der Waals surface area contributed by atoms with Gasteiger partial charge in [-0.2, -0.15) is 0 Å². The number of carbonyl (C=O) groups excluding carboxylic acids is 1. The summed E-state index contributed by atoms with van der Waals surface area (Å²) >= 11 is 0. The molecule has 1 fully saturated rings. The Kier molecular flexibility index (Phi) is 4.44. The molecule has 126 valence electrons. The molecule has 0 spiro atoms. The molecule has 24 heavy (non-hydrogen) atoms. The number of hydrogen-bond acceptors (Lipinski definition) is 4. The first kappa shape index (κ1) is 16.3. The highest BCUT2D eigenvalue weighted by Gasteiger charge is 2.35. The Morgan fingerprint density at radius 3 is 2.29 bits per heavy atom. The lowest BCUT2D eigenvalue weighted by atomic mass is 10.1. The molecule has 0 heterocycles. The molecule has 0 aliphatic heterocycles. The van der Waals surface area contributed by atoms with Crippen LogP contribution in [-0.2, 0) is 14.8 Å². The maximum absolute atomic E-state index is 12.7. The second-order valence-corrected chi connectivity index (χ2v) is 7.48. The van der Waals surface area contributed by atoms with Crippen LogP contribution in [0.2, 0.25) is 0 Å². The van der Waals surface area contributed by atoms with E-state index in [1.165, 1.54) is 6.07 Å². The lowest BCUT2D eigenvalue weighted by molar-refractivity contribution is -0.119. The SMILES string of the molecule is NC(=O)C(Nc1ccccc1S(=O)(=O)Nc1ccccc1)C1CC1. The Labute approximate surface area is 141 Å². The fourth-order valence-electron chi connectivity index (χ4n) is 2.55. The van der Waals surface area contributed by atoms with E-state index >= 15 is 0 Å². The molecule has 1 saturated carbocycles. The number of nitrogens with one attached hydrogen (secondary N) is 2. The largest absolute Gasteiger partial charge is 0.372 e. The van der Waals surface area contributed by atoms with E-state index in [1.807, 2.05) is 0 Å². The molecule has 2 aromatic carbocycles. The topological polar surface area (TPSA) is 101 Å². The van der Waals surface area contributed by atoms with E-state index in [-0.39, 0.29) is 10.8 Å². The predicted molar refractivity (Wildman–Crippen MR) is 93.0 cm³/mol. The van der Waals surface area contributed by atoms with E-state index in [0.29, 0.717) is 11.4 Å². The van der Waals surface area contributed by atoms with Crippen LogP contribution in [-0.4, -0.2) is 20.4 Å². The summed E-state index contributed by atoms with van der Waals surface area (Å²) in [6.45, 7) is 0. The van der Waals surface area contributed by atoms with Crippen molar-refractivity contribution >= 4 is 27.3 Å². The fourth-order valence-corrected chi connectivity index (χ4v) is 3.79. The summed E-state index contributed by atoms with van der Waals surface area (Å²) in [4.78, 5) is 11.7. The van der Waals surface area contributed by atoms with E-state index in [2.05, 4.69) is 10.0 Å². The van der Waals surface area contributed by atoms with E-state index in [0.717, 1.165) is 12.8 Å². The van der Waals surface area contributed by atoms with Crippen molar-refractivity contribution in [2.75, 3.05) is 10.0 Å². The predicted octanol–water partition coefficient (Wildman–Crippen LogP) is 2.16. The Bertz CT molecular complexity index is 833. The lowest BCUT2D eigenvalue weighted by Gasteiger charge is -2.19. The van der Waals surface area contributed by atoms with Crippen molar-refractivity contribution in [2.45, 2.75) is 23.8 Å². The van der Waals surface area contributed by atoms with Crippen LogP contribution < -0.4 is 15.8 Å². The molecule has 1 amide bonds. The highest BCUT2D eigenvalue weighted by atomic mass is 32.2. The minimum absolute atomic E-state index is 0.0840. The minimum atomic E-state index is -3.79. The number of anilines is 2. The number of amides is 1. The number of carbonyl (C=O) groups is 1. The van der Waals surface area contributed by atoms with Crippen LogP contribution in [0.25, 0.3) is 0 Å². The van der Waals surface area contributed by atoms with Gasteiger partial charge in [-0.1, -0.05) is 30.3 Å². The summed E-state index contributed by atoms with van der Waals surface area (Å²) in [7, 11) is -3.79. The zero-order valence-corrected chi connectivity index (χ0v) is 13.8. The van der Waals surface area contributed by atoms with Gasteiger partial charge in [-0.25, -0.2) is 8.42 Å². The van der Waals surface area contributed by atoms with E-state index < -0.39 is 22.0 Å². The van der Waals surface area contributed by atoms with Gasteiger partial charge in [-0.15, -0.1) is 0 Å². The third kappa shape index (κ3) is 3.68. The molecule has 3 rings (SSSR count). The zero-order chi connectivity index (χ0) is 17.2. The van der Waals surface area contributed by atoms with Gasteiger partial charge < -0.3 is 11.1 Å². The normalized spacial score (nSPS) is 15.5. The standard InChI is InChI=1S/C17H19N3O3S/c18-17(21)16(12-10-11-12)19-14-8-4-5-9-15(14)24(22,23)20-13-6-2-1-3-7-13/h1-9,12,16,19-20H,10-11H2,(H2,18,21). The number of sulfonamides is 1. The van der Waals surface area contributed by atoms with Crippen molar-refractivity contribution < 1.29 is 13.2 Å². The molecule has 2 aromatic rings. The molecule has 6 nitrogen and oxygen atoms in total. The molecule has 0 radical (unpaired) electrons. The highest BCUT2D eigenvalue weighted by Crippen LogP contribution is 2.35. The molecule has 7 heteroatoms. The maximum atomic E-state index is 12.7. The van der Waals surface area contributed by atoms with E-state index in [1.54, 1.807) is 48.5 Å². The first-order valence-electron chi connectivity index (χ1n) is 7.70. The van der Waals surface area contributed by atoms with Crippen LogP contribution in [0.4, 0.5) is 11.4 Å². The van der Waals surface area contributed by atoms with Gasteiger partial charge in [0, 0.05) is 5.69 Å². The van der Waals surface area contributed by atoms with Crippen molar-refractivity contribution in [1.82, 2.24) is 0 Å². The Hall–Kier alpha value is -2.54. The highest BCUT2D eigenvalue weighted by molar-refractivity contribution is 7.92. The van der Waals surface area contributed by atoms with Crippen LogP contribution in [0.5, 0.6) is 0 Å². The first-order valence-corrected chi connectivity index (χ1v) is 9.18. The quantitative estimate of drug-likeness (QED) is 0.716. The molecule has 1 unspecified atom stereocenters. The van der Waals surface area contributed by atoms with Gasteiger partial charge in [-0.3, -0.25) is 9.52 Å². The maximum Gasteiger partial charge on any atom is 0.263 e. The molecule has 0 aromatic heterocycles. The first-order chi connectivity index (χ1) is 11.5. The Morgan fingerprint density at radius 1 is 1.04 bits per heavy atom. The van der Waals surface area contributed by atoms with Crippen molar-refractivity contribution in [2.24, 2.45) is 11.7 Å². The average Bonchev–Trinajstić information content (AvgIpc) is 3.38. The van der Waals surface area contributed by atoms with Crippen LogP contribution in [0.3, 0.4) is 0 Å². The summed E-state index contributed by atoms with van der Waals surface area (Å²) in [6, 6.07) is 14.6. The van der Waals surface area contributed by atoms with Crippen LogP contribution in [0.15, 0.2) is 59.5 Å². The molecular formula is C17H19N3O3S.